The molecule has 0 aliphatic carbocycles. The van der Waals surface area contributed by atoms with Crippen LogP contribution >= 0.6 is 0 Å². The number of hydrogen-bond donors (Lipinski definition) is 2. The minimum atomic E-state index is 0.181. The van der Waals surface area contributed by atoms with Gasteiger partial charge in [-0.15, -0.1) is 0 Å². The number of unbranched alkanes of at least 4 members (excludes halogenated alkanes) is 1. The van der Waals surface area contributed by atoms with Crippen molar-refractivity contribution in [3.63, 3.8) is 0 Å². The summed E-state index contributed by atoms with van der Waals surface area (Å²) >= 11 is 0. The van der Waals surface area contributed by atoms with Crippen LogP contribution in [0.25, 0.3) is 0 Å². The van der Waals surface area contributed by atoms with Gasteiger partial charge < -0.3 is 10.4 Å². The average molecular weight is 200 g/mol. The average Bonchev–Trinajstić information content (AvgIpc) is 2.14. The van der Waals surface area contributed by atoms with Gasteiger partial charge in [-0.25, -0.2) is 0 Å². The lowest BCUT2D eigenvalue weighted by Gasteiger charge is -2.47. The van der Waals surface area contributed by atoms with Crippen LogP contribution in [0.5, 0.6) is 0 Å². The highest BCUT2D eigenvalue weighted by Gasteiger charge is 2.34. The zero-order valence-corrected chi connectivity index (χ0v) is 9.71. The third kappa shape index (κ3) is 2.69. The number of nitrogens with zero attached hydrogens (tertiary/aromatic N) is 1. The summed E-state index contributed by atoms with van der Waals surface area (Å²) in [6.45, 7) is 10.0. The smallest absolute Gasteiger partial charge is 0.0599 e. The van der Waals surface area contributed by atoms with E-state index in [2.05, 4.69) is 31.0 Å². The van der Waals surface area contributed by atoms with Gasteiger partial charge in [0.25, 0.3) is 0 Å². The van der Waals surface area contributed by atoms with E-state index in [4.69, 9.17) is 0 Å². The second-order valence-corrected chi connectivity index (χ2v) is 4.83. The Kier molecular flexibility index (Phi) is 4.35. The molecular weight excluding hydrogens is 176 g/mol. The maximum Gasteiger partial charge on any atom is 0.0599 e. The first-order valence-electron chi connectivity index (χ1n) is 5.70. The number of nitrogens with one attached hydrogen (secondary N) is 1. The fourth-order valence-electron chi connectivity index (χ4n) is 2.23. The van der Waals surface area contributed by atoms with Gasteiger partial charge in [0.05, 0.1) is 6.61 Å². The first-order valence-corrected chi connectivity index (χ1v) is 5.70. The summed E-state index contributed by atoms with van der Waals surface area (Å²) < 4.78 is 0. The molecule has 1 saturated heterocycles. The molecule has 1 aliphatic heterocycles. The Morgan fingerprint density at radius 3 is 2.79 bits per heavy atom. The van der Waals surface area contributed by atoms with Crippen LogP contribution in [0.1, 0.15) is 33.6 Å². The third-order valence-electron chi connectivity index (χ3n) is 3.12. The zero-order chi connectivity index (χ0) is 10.6. The van der Waals surface area contributed by atoms with Crippen molar-refractivity contribution < 1.29 is 5.11 Å². The number of rotatable bonds is 4. The Morgan fingerprint density at radius 2 is 2.21 bits per heavy atom. The third-order valence-corrected chi connectivity index (χ3v) is 3.12. The monoisotopic (exact) mass is 200 g/mol. The van der Waals surface area contributed by atoms with Crippen molar-refractivity contribution in [1.29, 1.82) is 0 Å². The van der Waals surface area contributed by atoms with Crippen LogP contribution in [0.3, 0.4) is 0 Å². The maximum atomic E-state index is 9.31. The van der Waals surface area contributed by atoms with Gasteiger partial charge in [-0.3, -0.25) is 4.90 Å². The molecule has 1 heterocycles. The van der Waals surface area contributed by atoms with Crippen LogP contribution in [0, 0.1) is 0 Å². The van der Waals surface area contributed by atoms with Crippen LogP contribution in [0.15, 0.2) is 0 Å². The van der Waals surface area contributed by atoms with Gasteiger partial charge in [0.15, 0.2) is 0 Å². The van der Waals surface area contributed by atoms with Crippen LogP contribution in [0.2, 0.25) is 0 Å². The number of hydrogen-bond acceptors (Lipinski definition) is 3. The maximum absolute atomic E-state index is 9.31. The van der Waals surface area contributed by atoms with Gasteiger partial charge in [-0.05, 0) is 26.8 Å². The Morgan fingerprint density at radius 1 is 1.50 bits per heavy atom. The van der Waals surface area contributed by atoms with Gasteiger partial charge in [0, 0.05) is 24.7 Å². The molecule has 1 aliphatic rings. The molecule has 14 heavy (non-hydrogen) atoms. The highest BCUT2D eigenvalue weighted by Crippen LogP contribution is 2.21. The molecule has 0 aromatic rings. The van der Waals surface area contributed by atoms with Crippen LogP contribution in [-0.4, -0.2) is 47.8 Å². The SMILES string of the molecule is CCCCN1C(CO)CNCC1(C)C. The van der Waals surface area contributed by atoms with E-state index in [-0.39, 0.29) is 12.1 Å². The van der Waals surface area contributed by atoms with E-state index in [0.717, 1.165) is 19.6 Å². The summed E-state index contributed by atoms with van der Waals surface area (Å²) in [5.74, 6) is 0. The molecule has 1 fully saturated rings. The topological polar surface area (TPSA) is 35.5 Å². The van der Waals surface area contributed by atoms with Crippen molar-refractivity contribution in [3.8, 4) is 0 Å². The van der Waals surface area contributed by atoms with Crippen molar-refractivity contribution in [3.05, 3.63) is 0 Å². The molecule has 3 nitrogen and oxygen atoms in total. The van der Waals surface area contributed by atoms with E-state index in [1.807, 2.05) is 0 Å². The van der Waals surface area contributed by atoms with Gasteiger partial charge in [-0.2, -0.15) is 0 Å². The Bertz CT molecular complexity index is 171. The lowest BCUT2D eigenvalue weighted by Crippen LogP contribution is -2.64. The second-order valence-electron chi connectivity index (χ2n) is 4.83. The predicted molar refractivity (Wildman–Crippen MR) is 59.4 cm³/mol. The van der Waals surface area contributed by atoms with Gasteiger partial charge in [0.1, 0.15) is 0 Å². The lowest BCUT2D eigenvalue weighted by molar-refractivity contribution is 0.00876. The van der Waals surface area contributed by atoms with Crippen molar-refractivity contribution in [2.75, 3.05) is 26.2 Å². The Hall–Kier alpha value is -0.120. The highest BCUT2D eigenvalue weighted by molar-refractivity contribution is 4.93. The van der Waals surface area contributed by atoms with Crippen LogP contribution in [-0.2, 0) is 0 Å². The zero-order valence-electron chi connectivity index (χ0n) is 9.71. The Balaban J connectivity index is 2.59. The van der Waals surface area contributed by atoms with E-state index >= 15 is 0 Å². The molecule has 1 atom stereocenters. The molecule has 0 radical (unpaired) electrons. The van der Waals surface area contributed by atoms with Crippen LogP contribution < -0.4 is 5.32 Å². The number of aliphatic hydroxyl groups excluding tert-OH is 1. The quantitative estimate of drug-likeness (QED) is 0.705. The summed E-state index contributed by atoms with van der Waals surface area (Å²) in [4.78, 5) is 2.45. The molecule has 0 bridgehead atoms. The molecule has 1 rings (SSSR count). The van der Waals surface area contributed by atoms with Crippen molar-refractivity contribution in [2.45, 2.75) is 45.2 Å². The Labute approximate surface area is 87.5 Å². The van der Waals surface area contributed by atoms with E-state index in [1.165, 1.54) is 12.8 Å². The summed E-state index contributed by atoms with van der Waals surface area (Å²) in [7, 11) is 0. The first kappa shape index (κ1) is 12.0. The molecule has 84 valence electrons. The normalized spacial score (nSPS) is 27.9. The van der Waals surface area contributed by atoms with E-state index in [1.54, 1.807) is 0 Å². The van der Waals surface area contributed by atoms with Crippen molar-refractivity contribution in [1.82, 2.24) is 10.2 Å². The molecule has 2 N–H and O–H groups in total. The molecule has 0 saturated carbocycles. The molecule has 0 aromatic heterocycles. The molecule has 0 amide bonds. The van der Waals surface area contributed by atoms with E-state index < -0.39 is 0 Å². The van der Waals surface area contributed by atoms with Crippen LogP contribution in [0.4, 0.5) is 0 Å². The first-order chi connectivity index (χ1) is 6.61. The minimum Gasteiger partial charge on any atom is -0.395 e. The fraction of sp³-hybridized carbons (Fsp3) is 1.00. The summed E-state index contributed by atoms with van der Waals surface area (Å²) in [6, 6.07) is 0.297. The second kappa shape index (κ2) is 5.10. The van der Waals surface area contributed by atoms with E-state index in [0.29, 0.717) is 6.04 Å². The summed E-state index contributed by atoms with van der Waals surface area (Å²) in [5.41, 5.74) is 0.181. The molecule has 0 aromatic carbocycles. The van der Waals surface area contributed by atoms with Crippen molar-refractivity contribution in [2.24, 2.45) is 0 Å². The fourth-order valence-corrected chi connectivity index (χ4v) is 2.23. The predicted octanol–water partition coefficient (Wildman–Crippen LogP) is 0.831. The molecule has 0 spiro atoms. The summed E-state index contributed by atoms with van der Waals surface area (Å²) in [5, 5.41) is 12.7. The molecular formula is C11H24N2O. The standard InChI is InChI=1S/C11H24N2O/c1-4-5-6-13-10(8-14)7-12-9-11(13,2)3/h10,12,14H,4-9H2,1-3H3. The largest absolute Gasteiger partial charge is 0.395 e. The number of aliphatic hydroxyl groups is 1. The minimum absolute atomic E-state index is 0.181. The van der Waals surface area contributed by atoms with Gasteiger partial charge in [0.2, 0.25) is 0 Å². The van der Waals surface area contributed by atoms with Gasteiger partial charge in [-0.1, -0.05) is 13.3 Å². The highest BCUT2D eigenvalue weighted by atomic mass is 16.3. The summed E-state index contributed by atoms with van der Waals surface area (Å²) in [6.07, 6.45) is 2.44. The van der Waals surface area contributed by atoms with Gasteiger partial charge >= 0.3 is 0 Å². The lowest BCUT2D eigenvalue weighted by atomic mass is 9.96. The van der Waals surface area contributed by atoms with E-state index in [9.17, 15) is 5.11 Å². The van der Waals surface area contributed by atoms with Crippen molar-refractivity contribution >= 4 is 0 Å². The number of piperazine rings is 1. The molecule has 3 heteroatoms. The molecule has 1 unspecified atom stereocenters.